The van der Waals surface area contributed by atoms with Crippen LogP contribution in [0.15, 0.2) is 23.7 Å². The standard InChI is InChI=1S/C16H16N6S2/c1-9-19-13(8-24-9)12-7-17-11-4-5-14(21-15(11)20-12)22-16(23)18-6-10-2-3-10/h4-5,7-8,10H,2-3,6H2,1H3,(H2,18,20,21,22,23). The van der Waals surface area contributed by atoms with Crippen molar-refractivity contribution in [1.29, 1.82) is 0 Å². The molecule has 122 valence electrons. The van der Waals surface area contributed by atoms with Gasteiger partial charge >= 0.3 is 0 Å². The van der Waals surface area contributed by atoms with E-state index in [1.807, 2.05) is 24.4 Å². The summed E-state index contributed by atoms with van der Waals surface area (Å²) in [7, 11) is 0. The molecule has 1 saturated carbocycles. The van der Waals surface area contributed by atoms with Gasteiger partial charge in [-0.25, -0.2) is 15.0 Å². The van der Waals surface area contributed by atoms with Gasteiger partial charge in [-0.05, 0) is 50.0 Å². The summed E-state index contributed by atoms with van der Waals surface area (Å²) in [5.74, 6) is 1.43. The molecule has 3 aromatic rings. The van der Waals surface area contributed by atoms with E-state index in [1.54, 1.807) is 17.5 Å². The van der Waals surface area contributed by atoms with Gasteiger partial charge in [0.15, 0.2) is 10.8 Å². The molecule has 2 N–H and O–H groups in total. The van der Waals surface area contributed by atoms with E-state index in [0.29, 0.717) is 16.6 Å². The molecule has 1 fully saturated rings. The normalized spacial score (nSPS) is 13.9. The lowest BCUT2D eigenvalue weighted by molar-refractivity contribution is 0.777. The lowest BCUT2D eigenvalue weighted by Gasteiger charge is -2.09. The van der Waals surface area contributed by atoms with E-state index in [-0.39, 0.29) is 0 Å². The molecule has 0 radical (unpaired) electrons. The zero-order valence-corrected chi connectivity index (χ0v) is 14.7. The molecule has 24 heavy (non-hydrogen) atoms. The van der Waals surface area contributed by atoms with Crippen LogP contribution in [0.4, 0.5) is 5.82 Å². The second kappa shape index (κ2) is 6.37. The summed E-state index contributed by atoms with van der Waals surface area (Å²) >= 11 is 6.90. The van der Waals surface area contributed by atoms with Crippen molar-refractivity contribution in [2.24, 2.45) is 5.92 Å². The summed E-state index contributed by atoms with van der Waals surface area (Å²) < 4.78 is 0. The van der Waals surface area contributed by atoms with Crippen LogP contribution in [0.5, 0.6) is 0 Å². The SMILES string of the molecule is Cc1nc(-c2cnc3ccc(NC(=S)NCC4CC4)nc3n2)cs1. The Labute approximate surface area is 148 Å². The molecule has 8 heteroatoms. The first kappa shape index (κ1) is 15.3. The highest BCUT2D eigenvalue weighted by atomic mass is 32.1. The minimum absolute atomic E-state index is 0.577. The number of aryl methyl sites for hydroxylation is 1. The van der Waals surface area contributed by atoms with E-state index < -0.39 is 0 Å². The summed E-state index contributed by atoms with van der Waals surface area (Å²) in [4.78, 5) is 18.0. The smallest absolute Gasteiger partial charge is 0.180 e. The van der Waals surface area contributed by atoms with Crippen LogP contribution in [-0.4, -0.2) is 31.6 Å². The third kappa shape index (κ3) is 3.49. The number of hydrogen-bond donors (Lipinski definition) is 2. The Balaban J connectivity index is 1.55. The van der Waals surface area contributed by atoms with Gasteiger partial charge in [0.05, 0.1) is 11.2 Å². The molecular weight excluding hydrogens is 340 g/mol. The number of thiocarbonyl (C=S) groups is 1. The van der Waals surface area contributed by atoms with Crippen molar-refractivity contribution >= 4 is 45.6 Å². The van der Waals surface area contributed by atoms with Gasteiger partial charge in [-0.1, -0.05) is 0 Å². The van der Waals surface area contributed by atoms with Gasteiger partial charge in [-0.2, -0.15) is 0 Å². The van der Waals surface area contributed by atoms with Crippen LogP contribution in [0.25, 0.3) is 22.6 Å². The fourth-order valence-electron chi connectivity index (χ4n) is 2.29. The minimum atomic E-state index is 0.577. The number of fused-ring (bicyclic) bond motifs is 1. The second-order valence-corrected chi connectivity index (χ2v) is 7.30. The van der Waals surface area contributed by atoms with E-state index in [1.165, 1.54) is 12.8 Å². The molecule has 1 aliphatic rings. The van der Waals surface area contributed by atoms with Crippen LogP contribution < -0.4 is 10.6 Å². The van der Waals surface area contributed by atoms with Gasteiger partial charge in [0.1, 0.15) is 22.7 Å². The van der Waals surface area contributed by atoms with E-state index in [4.69, 9.17) is 12.2 Å². The van der Waals surface area contributed by atoms with Crippen LogP contribution >= 0.6 is 23.6 Å². The van der Waals surface area contributed by atoms with Gasteiger partial charge in [0.25, 0.3) is 0 Å². The summed E-state index contributed by atoms with van der Waals surface area (Å²) in [6.07, 6.45) is 4.31. The molecular formula is C16H16N6S2. The quantitative estimate of drug-likeness (QED) is 0.696. The van der Waals surface area contributed by atoms with Crippen LogP contribution in [0.1, 0.15) is 17.8 Å². The summed E-state index contributed by atoms with van der Waals surface area (Å²) in [5, 5.41) is 9.89. The van der Waals surface area contributed by atoms with Gasteiger partial charge in [-0.3, -0.25) is 4.98 Å². The Hall–Kier alpha value is -2.19. The van der Waals surface area contributed by atoms with Gasteiger partial charge in [0.2, 0.25) is 0 Å². The lowest BCUT2D eigenvalue weighted by Crippen LogP contribution is -2.30. The highest BCUT2D eigenvalue weighted by Crippen LogP contribution is 2.27. The molecule has 0 aliphatic heterocycles. The molecule has 0 aromatic carbocycles. The fourth-order valence-corrected chi connectivity index (χ4v) is 3.09. The number of pyridine rings is 1. The highest BCUT2D eigenvalue weighted by Gasteiger charge is 2.20. The van der Waals surface area contributed by atoms with E-state index in [2.05, 4.69) is 30.6 Å². The number of nitrogens with zero attached hydrogens (tertiary/aromatic N) is 4. The Morgan fingerprint density at radius 3 is 2.88 bits per heavy atom. The van der Waals surface area contributed by atoms with Gasteiger partial charge in [0, 0.05) is 11.9 Å². The highest BCUT2D eigenvalue weighted by molar-refractivity contribution is 7.80. The maximum Gasteiger partial charge on any atom is 0.180 e. The van der Waals surface area contributed by atoms with Crippen LogP contribution in [0.3, 0.4) is 0 Å². The van der Waals surface area contributed by atoms with Crippen molar-refractivity contribution in [3.05, 3.63) is 28.7 Å². The van der Waals surface area contributed by atoms with Crippen molar-refractivity contribution in [1.82, 2.24) is 25.3 Å². The Kier molecular flexibility index (Phi) is 4.07. The molecule has 0 saturated heterocycles. The molecule has 0 bridgehead atoms. The molecule has 0 unspecified atom stereocenters. The third-order valence-electron chi connectivity index (χ3n) is 3.78. The average molecular weight is 356 g/mol. The molecule has 0 spiro atoms. The molecule has 6 nitrogen and oxygen atoms in total. The molecule has 1 aliphatic carbocycles. The molecule has 0 amide bonds. The maximum atomic E-state index is 5.30. The number of nitrogens with one attached hydrogen (secondary N) is 2. The monoisotopic (exact) mass is 356 g/mol. The summed E-state index contributed by atoms with van der Waals surface area (Å²) in [6.45, 7) is 2.89. The third-order valence-corrected chi connectivity index (χ3v) is 4.80. The Morgan fingerprint density at radius 1 is 1.25 bits per heavy atom. The largest absolute Gasteiger partial charge is 0.362 e. The van der Waals surface area contributed by atoms with Gasteiger partial charge < -0.3 is 10.6 Å². The van der Waals surface area contributed by atoms with Crippen molar-refractivity contribution in [2.45, 2.75) is 19.8 Å². The van der Waals surface area contributed by atoms with Crippen LogP contribution in [-0.2, 0) is 0 Å². The molecule has 3 heterocycles. The zero-order valence-electron chi connectivity index (χ0n) is 13.1. The Bertz CT molecular complexity index is 902. The first-order chi connectivity index (χ1) is 11.7. The van der Waals surface area contributed by atoms with Crippen molar-refractivity contribution < 1.29 is 0 Å². The van der Waals surface area contributed by atoms with E-state index in [0.717, 1.165) is 34.4 Å². The van der Waals surface area contributed by atoms with Gasteiger partial charge in [-0.15, -0.1) is 11.3 Å². The predicted octanol–water partition coefficient (Wildman–Crippen LogP) is 3.15. The maximum absolute atomic E-state index is 5.30. The number of aromatic nitrogens is 4. The van der Waals surface area contributed by atoms with E-state index >= 15 is 0 Å². The summed E-state index contributed by atoms with van der Waals surface area (Å²) in [6, 6.07) is 3.74. The summed E-state index contributed by atoms with van der Waals surface area (Å²) in [5.41, 5.74) is 2.88. The number of rotatable bonds is 4. The zero-order chi connectivity index (χ0) is 16.5. The van der Waals surface area contributed by atoms with E-state index in [9.17, 15) is 0 Å². The van der Waals surface area contributed by atoms with Crippen molar-refractivity contribution in [3.8, 4) is 11.4 Å². The molecule has 4 rings (SSSR count). The fraction of sp³-hybridized carbons (Fsp3) is 0.312. The average Bonchev–Trinajstić information content (AvgIpc) is 3.32. The minimum Gasteiger partial charge on any atom is -0.362 e. The first-order valence-electron chi connectivity index (χ1n) is 7.78. The van der Waals surface area contributed by atoms with Crippen LogP contribution in [0.2, 0.25) is 0 Å². The number of anilines is 1. The molecule has 0 atom stereocenters. The van der Waals surface area contributed by atoms with Crippen LogP contribution in [0, 0.1) is 12.8 Å². The topological polar surface area (TPSA) is 75.6 Å². The van der Waals surface area contributed by atoms with Crippen molar-refractivity contribution in [3.63, 3.8) is 0 Å². The lowest BCUT2D eigenvalue weighted by atomic mass is 10.3. The predicted molar refractivity (Wildman–Crippen MR) is 100 cm³/mol. The Morgan fingerprint density at radius 2 is 2.12 bits per heavy atom. The van der Waals surface area contributed by atoms with Crippen molar-refractivity contribution in [2.75, 3.05) is 11.9 Å². The molecule has 3 aromatic heterocycles. The first-order valence-corrected chi connectivity index (χ1v) is 9.07. The number of thiazole rings is 1. The number of hydrogen-bond acceptors (Lipinski definition) is 6. The second-order valence-electron chi connectivity index (χ2n) is 5.82.